The van der Waals surface area contributed by atoms with Gasteiger partial charge in [0.25, 0.3) is 5.91 Å². The number of nitrogens with two attached hydrogens (primary N) is 1. The molecule has 1 amide bonds. The number of halogens is 3. The average molecular weight is 282 g/mol. The Balaban J connectivity index is 2.36. The van der Waals surface area contributed by atoms with Gasteiger partial charge in [0.05, 0.1) is 5.56 Å². The minimum atomic E-state index is -4.53. The molecule has 0 aliphatic carbocycles. The van der Waals surface area contributed by atoms with Crippen LogP contribution in [-0.2, 0) is 6.18 Å². The Morgan fingerprint density at radius 2 is 1.90 bits per heavy atom. The molecule has 104 valence electrons. The van der Waals surface area contributed by atoms with E-state index in [-0.39, 0.29) is 17.2 Å². The van der Waals surface area contributed by atoms with Crippen molar-refractivity contribution in [2.75, 3.05) is 0 Å². The van der Waals surface area contributed by atoms with Crippen LogP contribution in [0.25, 0.3) is 0 Å². The van der Waals surface area contributed by atoms with Gasteiger partial charge in [-0.25, -0.2) is 0 Å². The van der Waals surface area contributed by atoms with Gasteiger partial charge in [0.15, 0.2) is 0 Å². The van der Waals surface area contributed by atoms with Crippen LogP contribution in [0.15, 0.2) is 42.6 Å². The molecule has 20 heavy (non-hydrogen) atoms. The second-order valence-corrected chi connectivity index (χ2v) is 3.84. The summed E-state index contributed by atoms with van der Waals surface area (Å²) in [6.45, 7) is 0. The molecule has 0 aliphatic heterocycles. The van der Waals surface area contributed by atoms with Crippen molar-refractivity contribution in [1.29, 1.82) is 0 Å². The Labute approximate surface area is 112 Å². The lowest BCUT2D eigenvalue weighted by Crippen LogP contribution is -2.12. The molecule has 0 fully saturated rings. The maximum absolute atomic E-state index is 12.8. The second-order valence-electron chi connectivity index (χ2n) is 3.84. The number of para-hydroxylation sites is 1. The number of ether oxygens (including phenoxy) is 1. The summed E-state index contributed by atoms with van der Waals surface area (Å²) >= 11 is 0. The maximum atomic E-state index is 12.8. The number of aromatic nitrogens is 1. The fraction of sp³-hybridized carbons (Fsp3) is 0.0769. The topological polar surface area (TPSA) is 65.2 Å². The van der Waals surface area contributed by atoms with Crippen LogP contribution in [0.2, 0.25) is 0 Å². The van der Waals surface area contributed by atoms with Gasteiger partial charge in [-0.2, -0.15) is 13.2 Å². The highest BCUT2D eigenvalue weighted by Gasteiger charge is 2.34. The molecular weight excluding hydrogens is 273 g/mol. The molecule has 7 heteroatoms. The van der Waals surface area contributed by atoms with Crippen molar-refractivity contribution in [3.63, 3.8) is 0 Å². The standard InChI is InChI=1S/C13H9F3N2O2/c14-13(15,16)9-3-1-2-4-11(9)20-8-5-6-18-10(7-8)12(17)19/h1-7H,(H2,17,19). The van der Waals surface area contributed by atoms with E-state index in [4.69, 9.17) is 10.5 Å². The smallest absolute Gasteiger partial charge is 0.419 e. The van der Waals surface area contributed by atoms with Crippen LogP contribution in [0, 0.1) is 0 Å². The molecule has 2 rings (SSSR count). The van der Waals surface area contributed by atoms with E-state index in [1.165, 1.54) is 36.5 Å². The number of hydrogen-bond acceptors (Lipinski definition) is 3. The Morgan fingerprint density at radius 1 is 1.20 bits per heavy atom. The van der Waals surface area contributed by atoms with E-state index in [1.54, 1.807) is 0 Å². The van der Waals surface area contributed by atoms with Gasteiger partial charge in [0, 0.05) is 12.3 Å². The number of pyridine rings is 1. The lowest BCUT2D eigenvalue weighted by atomic mass is 10.2. The number of rotatable bonds is 3. The van der Waals surface area contributed by atoms with E-state index >= 15 is 0 Å². The minimum Gasteiger partial charge on any atom is -0.457 e. The third kappa shape index (κ3) is 3.05. The van der Waals surface area contributed by atoms with Crippen molar-refractivity contribution in [3.8, 4) is 11.5 Å². The molecule has 0 unspecified atom stereocenters. The van der Waals surface area contributed by atoms with Crippen molar-refractivity contribution in [2.24, 2.45) is 5.73 Å². The summed E-state index contributed by atoms with van der Waals surface area (Å²) in [6.07, 6.45) is -3.30. The molecule has 0 saturated heterocycles. The lowest BCUT2D eigenvalue weighted by Gasteiger charge is -2.13. The average Bonchev–Trinajstić information content (AvgIpc) is 2.38. The molecule has 2 N–H and O–H groups in total. The van der Waals surface area contributed by atoms with E-state index in [0.29, 0.717) is 0 Å². The van der Waals surface area contributed by atoms with E-state index in [1.807, 2.05) is 0 Å². The number of benzene rings is 1. The molecule has 0 aliphatic rings. The molecule has 2 aromatic rings. The summed E-state index contributed by atoms with van der Waals surface area (Å²) in [5.41, 5.74) is 4.04. The van der Waals surface area contributed by atoms with Crippen LogP contribution in [-0.4, -0.2) is 10.9 Å². The van der Waals surface area contributed by atoms with Crippen LogP contribution in [0.1, 0.15) is 16.1 Å². The predicted octanol–water partition coefficient (Wildman–Crippen LogP) is 2.99. The van der Waals surface area contributed by atoms with Crippen molar-refractivity contribution >= 4 is 5.91 Å². The molecule has 1 aromatic carbocycles. The fourth-order valence-corrected chi connectivity index (χ4v) is 1.53. The summed E-state index contributed by atoms with van der Waals surface area (Å²) in [6, 6.07) is 7.28. The van der Waals surface area contributed by atoms with E-state index in [9.17, 15) is 18.0 Å². The summed E-state index contributed by atoms with van der Waals surface area (Å²) in [7, 11) is 0. The van der Waals surface area contributed by atoms with E-state index in [2.05, 4.69) is 4.98 Å². The molecular formula is C13H9F3N2O2. The van der Waals surface area contributed by atoms with Crippen molar-refractivity contribution in [1.82, 2.24) is 4.98 Å². The van der Waals surface area contributed by atoms with Gasteiger partial charge in [-0.15, -0.1) is 0 Å². The van der Waals surface area contributed by atoms with Gasteiger partial charge in [-0.05, 0) is 18.2 Å². The monoisotopic (exact) mass is 282 g/mol. The van der Waals surface area contributed by atoms with Crippen molar-refractivity contribution < 1.29 is 22.7 Å². The number of amides is 1. The Bertz CT molecular complexity index is 642. The molecule has 0 spiro atoms. The molecule has 4 nitrogen and oxygen atoms in total. The molecule has 0 saturated carbocycles. The Kier molecular flexibility index (Phi) is 3.60. The van der Waals surface area contributed by atoms with Crippen molar-refractivity contribution in [3.05, 3.63) is 53.9 Å². The number of hydrogen-bond donors (Lipinski definition) is 1. The Hall–Kier alpha value is -2.57. The van der Waals surface area contributed by atoms with E-state index < -0.39 is 17.6 Å². The third-order valence-electron chi connectivity index (χ3n) is 2.40. The molecule has 1 heterocycles. The van der Waals surface area contributed by atoms with Gasteiger partial charge >= 0.3 is 6.18 Å². The van der Waals surface area contributed by atoms with Gasteiger partial charge in [-0.1, -0.05) is 12.1 Å². The predicted molar refractivity (Wildman–Crippen MR) is 64.3 cm³/mol. The first-order valence-electron chi connectivity index (χ1n) is 5.48. The summed E-state index contributed by atoms with van der Waals surface area (Å²) in [4.78, 5) is 14.6. The van der Waals surface area contributed by atoms with E-state index in [0.717, 1.165) is 6.07 Å². The van der Waals surface area contributed by atoms with Gasteiger partial charge in [0.1, 0.15) is 17.2 Å². The third-order valence-corrected chi connectivity index (χ3v) is 2.40. The van der Waals surface area contributed by atoms with Gasteiger partial charge in [-0.3, -0.25) is 9.78 Å². The molecule has 0 bridgehead atoms. The molecule has 1 aromatic heterocycles. The van der Waals surface area contributed by atoms with Crippen LogP contribution in [0.3, 0.4) is 0 Å². The first-order valence-corrected chi connectivity index (χ1v) is 5.48. The highest BCUT2D eigenvalue weighted by atomic mass is 19.4. The summed E-state index contributed by atoms with van der Waals surface area (Å²) in [5, 5.41) is 0. The van der Waals surface area contributed by atoms with Crippen LogP contribution >= 0.6 is 0 Å². The highest BCUT2D eigenvalue weighted by Crippen LogP contribution is 2.37. The number of nitrogens with zero attached hydrogens (tertiary/aromatic N) is 1. The van der Waals surface area contributed by atoms with Gasteiger partial charge < -0.3 is 10.5 Å². The van der Waals surface area contributed by atoms with Crippen LogP contribution < -0.4 is 10.5 Å². The zero-order valence-electron chi connectivity index (χ0n) is 10.0. The highest BCUT2D eigenvalue weighted by molar-refractivity contribution is 5.91. The number of carbonyl (C=O) groups is 1. The number of alkyl halides is 3. The van der Waals surface area contributed by atoms with Crippen LogP contribution in [0.5, 0.6) is 11.5 Å². The second kappa shape index (κ2) is 5.20. The minimum absolute atomic E-state index is 0.0468. The molecule has 0 atom stereocenters. The fourth-order valence-electron chi connectivity index (χ4n) is 1.53. The SMILES string of the molecule is NC(=O)c1cc(Oc2ccccc2C(F)(F)F)ccn1. The first-order chi connectivity index (χ1) is 9.38. The Morgan fingerprint density at radius 3 is 2.55 bits per heavy atom. The van der Waals surface area contributed by atoms with Crippen LogP contribution in [0.4, 0.5) is 13.2 Å². The van der Waals surface area contributed by atoms with Crippen molar-refractivity contribution in [2.45, 2.75) is 6.18 Å². The first kappa shape index (κ1) is 13.9. The molecule has 0 radical (unpaired) electrons. The normalized spacial score (nSPS) is 11.2. The zero-order valence-corrected chi connectivity index (χ0v) is 10.0. The lowest BCUT2D eigenvalue weighted by molar-refractivity contribution is -0.138. The summed E-state index contributed by atoms with van der Waals surface area (Å²) < 4.78 is 43.5. The largest absolute Gasteiger partial charge is 0.457 e. The van der Waals surface area contributed by atoms with Gasteiger partial charge in [0.2, 0.25) is 0 Å². The zero-order chi connectivity index (χ0) is 14.8. The quantitative estimate of drug-likeness (QED) is 0.941. The summed E-state index contributed by atoms with van der Waals surface area (Å²) in [5.74, 6) is -1.10. The number of primary amides is 1. The number of carbonyl (C=O) groups excluding carboxylic acids is 1. The maximum Gasteiger partial charge on any atom is 0.419 e.